The van der Waals surface area contributed by atoms with E-state index >= 15 is 0 Å². The van der Waals surface area contributed by atoms with Crippen LogP contribution in [0.3, 0.4) is 0 Å². The smallest absolute Gasteiger partial charge is 0.410 e. The molecule has 2 aliphatic rings. The summed E-state index contributed by atoms with van der Waals surface area (Å²) in [4.78, 5) is 14.1. The Balaban J connectivity index is 1.39. The van der Waals surface area contributed by atoms with Crippen molar-refractivity contribution in [3.63, 3.8) is 0 Å². The molecule has 9 heteroatoms. The van der Waals surface area contributed by atoms with Crippen LogP contribution in [0.1, 0.15) is 56.8 Å². The van der Waals surface area contributed by atoms with Crippen molar-refractivity contribution in [3.8, 4) is 11.8 Å². The van der Waals surface area contributed by atoms with Crippen LogP contribution in [0.5, 0.6) is 5.75 Å². The Hall–Kier alpha value is -3.77. The predicted molar refractivity (Wildman–Crippen MR) is 150 cm³/mol. The van der Waals surface area contributed by atoms with Crippen LogP contribution in [0, 0.1) is 11.3 Å². The van der Waals surface area contributed by atoms with Gasteiger partial charge in [0.25, 0.3) is 0 Å². The van der Waals surface area contributed by atoms with E-state index in [-0.39, 0.29) is 18.0 Å². The van der Waals surface area contributed by atoms with Gasteiger partial charge in [-0.1, -0.05) is 18.2 Å². The number of nitrogens with zero attached hydrogens (tertiary/aromatic N) is 3. The number of amides is 1. The van der Waals surface area contributed by atoms with Crippen LogP contribution in [0.25, 0.3) is 10.8 Å². The first-order valence-corrected chi connectivity index (χ1v) is 14.8. The van der Waals surface area contributed by atoms with E-state index < -0.39 is 21.7 Å². The third-order valence-electron chi connectivity index (χ3n) is 7.13. The normalized spacial score (nSPS) is 19.2. The second-order valence-electron chi connectivity index (χ2n) is 11.1. The summed E-state index contributed by atoms with van der Waals surface area (Å²) in [6.45, 7) is 8.18. The SMILES string of the molecule is CCS(=O)(=O)N1c2ccc(O[C@@H]3CCN(C(=O)OC(C)(C)C)C3)cc2C[C@@H]1c1ccc2ccc(C#N)cc2c1. The van der Waals surface area contributed by atoms with Crippen molar-refractivity contribution >= 4 is 32.6 Å². The molecule has 0 unspecified atom stereocenters. The number of nitriles is 1. The van der Waals surface area contributed by atoms with Gasteiger partial charge in [-0.2, -0.15) is 5.26 Å². The maximum Gasteiger partial charge on any atom is 0.410 e. The minimum Gasteiger partial charge on any atom is -0.489 e. The molecule has 0 bridgehead atoms. The molecule has 0 radical (unpaired) electrons. The Morgan fingerprint density at radius 3 is 2.56 bits per heavy atom. The summed E-state index contributed by atoms with van der Waals surface area (Å²) in [6.07, 6.45) is 0.683. The molecular formula is C30H33N3O5S. The molecule has 0 aliphatic carbocycles. The molecular weight excluding hydrogens is 514 g/mol. The van der Waals surface area contributed by atoms with Crippen LogP contribution in [0.15, 0.2) is 54.6 Å². The minimum absolute atomic E-state index is 0.0179. The van der Waals surface area contributed by atoms with Crippen LogP contribution in [0.2, 0.25) is 0 Å². The van der Waals surface area contributed by atoms with Crippen molar-refractivity contribution in [1.29, 1.82) is 5.26 Å². The highest BCUT2D eigenvalue weighted by molar-refractivity contribution is 7.92. The van der Waals surface area contributed by atoms with Gasteiger partial charge >= 0.3 is 6.09 Å². The Morgan fingerprint density at radius 1 is 1.08 bits per heavy atom. The largest absolute Gasteiger partial charge is 0.489 e. The van der Waals surface area contributed by atoms with E-state index in [0.717, 1.165) is 21.9 Å². The first-order chi connectivity index (χ1) is 18.5. The van der Waals surface area contributed by atoms with Crippen LogP contribution in [0.4, 0.5) is 10.5 Å². The highest BCUT2D eigenvalue weighted by Gasteiger charge is 2.38. The molecule has 3 aromatic carbocycles. The van der Waals surface area contributed by atoms with Gasteiger partial charge in [-0.05, 0) is 86.0 Å². The fourth-order valence-electron chi connectivity index (χ4n) is 5.26. The number of hydrogen-bond acceptors (Lipinski definition) is 6. The molecule has 2 atom stereocenters. The topological polar surface area (TPSA) is 99.9 Å². The molecule has 1 saturated heterocycles. The van der Waals surface area contributed by atoms with E-state index in [1.807, 2.05) is 63.2 Å². The highest BCUT2D eigenvalue weighted by atomic mass is 32.2. The molecule has 8 nitrogen and oxygen atoms in total. The van der Waals surface area contributed by atoms with E-state index in [1.165, 1.54) is 4.31 Å². The van der Waals surface area contributed by atoms with E-state index in [1.54, 1.807) is 24.0 Å². The minimum atomic E-state index is -3.56. The van der Waals surface area contributed by atoms with E-state index in [4.69, 9.17) is 9.47 Å². The van der Waals surface area contributed by atoms with Crippen LogP contribution >= 0.6 is 0 Å². The zero-order valence-electron chi connectivity index (χ0n) is 22.7. The molecule has 204 valence electrons. The van der Waals surface area contributed by atoms with Gasteiger partial charge < -0.3 is 14.4 Å². The Kier molecular flexibility index (Phi) is 6.93. The molecule has 0 spiro atoms. The summed E-state index contributed by atoms with van der Waals surface area (Å²) in [5.41, 5.74) is 2.42. The molecule has 1 fully saturated rings. The molecule has 39 heavy (non-hydrogen) atoms. The van der Waals surface area contributed by atoms with Gasteiger partial charge in [0, 0.05) is 19.4 Å². The van der Waals surface area contributed by atoms with Crippen LogP contribution in [-0.2, 0) is 21.2 Å². The quantitative estimate of drug-likeness (QED) is 0.415. The van der Waals surface area contributed by atoms with Crippen molar-refractivity contribution in [2.75, 3.05) is 23.1 Å². The van der Waals surface area contributed by atoms with Crippen molar-refractivity contribution in [2.45, 2.75) is 58.3 Å². The number of carbonyl (C=O) groups excluding carboxylic acids is 1. The van der Waals surface area contributed by atoms with Gasteiger partial charge in [0.1, 0.15) is 17.5 Å². The Labute approximate surface area is 229 Å². The summed E-state index contributed by atoms with van der Waals surface area (Å²) in [5.74, 6) is 0.632. The molecule has 1 amide bonds. The summed E-state index contributed by atoms with van der Waals surface area (Å²) in [6, 6.07) is 18.7. The molecule has 0 saturated carbocycles. The molecule has 5 rings (SSSR count). The molecule has 2 aliphatic heterocycles. The van der Waals surface area contributed by atoms with Gasteiger partial charge in [0.05, 0.1) is 35.7 Å². The van der Waals surface area contributed by atoms with Crippen molar-refractivity contribution in [1.82, 2.24) is 4.90 Å². The zero-order chi connectivity index (χ0) is 27.9. The van der Waals surface area contributed by atoms with E-state index in [2.05, 4.69) is 6.07 Å². The maximum atomic E-state index is 13.3. The fourth-order valence-corrected chi connectivity index (χ4v) is 6.60. The predicted octanol–water partition coefficient (Wildman–Crippen LogP) is 5.55. The van der Waals surface area contributed by atoms with Crippen LogP contribution < -0.4 is 9.04 Å². The number of hydrogen-bond donors (Lipinski definition) is 0. The third-order valence-corrected chi connectivity index (χ3v) is 8.91. The van der Waals surface area contributed by atoms with Gasteiger partial charge in [-0.3, -0.25) is 4.31 Å². The standard InChI is InChI=1S/C30H33N3O5S/c1-5-39(35,36)33-27-11-10-25(37-26-12-13-32(19-26)29(34)38-30(2,3)4)16-24(27)17-28(33)22-9-8-21-7-6-20(18-31)14-23(21)15-22/h6-11,14-16,26,28H,5,12-13,17,19H2,1-4H3/t26-,28-/m1/s1. The average molecular weight is 548 g/mol. The highest BCUT2D eigenvalue weighted by Crippen LogP contribution is 2.44. The molecule has 0 aromatic heterocycles. The lowest BCUT2D eigenvalue weighted by atomic mass is 9.98. The Bertz CT molecular complexity index is 1570. The number of benzene rings is 3. The number of likely N-dealkylation sites (tertiary alicyclic amines) is 1. The fraction of sp³-hybridized carbons (Fsp3) is 0.400. The van der Waals surface area contributed by atoms with Crippen molar-refractivity contribution < 1.29 is 22.7 Å². The van der Waals surface area contributed by atoms with Crippen LogP contribution in [-0.4, -0.2) is 50.0 Å². The van der Waals surface area contributed by atoms with Gasteiger partial charge in [0.15, 0.2) is 0 Å². The van der Waals surface area contributed by atoms with Crippen molar-refractivity contribution in [3.05, 3.63) is 71.3 Å². The summed E-state index contributed by atoms with van der Waals surface area (Å²) >= 11 is 0. The number of sulfonamides is 1. The van der Waals surface area contributed by atoms with E-state index in [0.29, 0.717) is 42.9 Å². The van der Waals surface area contributed by atoms with E-state index in [9.17, 15) is 18.5 Å². The lowest BCUT2D eigenvalue weighted by Crippen LogP contribution is -2.36. The number of fused-ring (bicyclic) bond motifs is 2. The third kappa shape index (κ3) is 5.52. The number of ether oxygens (including phenoxy) is 2. The summed E-state index contributed by atoms with van der Waals surface area (Å²) in [7, 11) is -3.56. The second-order valence-corrected chi connectivity index (χ2v) is 13.2. The summed E-state index contributed by atoms with van der Waals surface area (Å²) < 4.78 is 39.8. The lowest BCUT2D eigenvalue weighted by Gasteiger charge is -2.27. The second kappa shape index (κ2) is 10.1. The first-order valence-electron chi connectivity index (χ1n) is 13.2. The average Bonchev–Trinajstić information content (AvgIpc) is 3.52. The summed E-state index contributed by atoms with van der Waals surface area (Å²) in [5, 5.41) is 11.2. The van der Waals surface area contributed by atoms with Crippen molar-refractivity contribution in [2.24, 2.45) is 0 Å². The Morgan fingerprint density at radius 2 is 1.85 bits per heavy atom. The first kappa shape index (κ1) is 26.8. The monoisotopic (exact) mass is 547 g/mol. The number of carbonyl (C=O) groups is 1. The van der Waals surface area contributed by atoms with Gasteiger partial charge in [-0.15, -0.1) is 0 Å². The number of rotatable bonds is 5. The molecule has 3 aromatic rings. The zero-order valence-corrected chi connectivity index (χ0v) is 23.5. The number of anilines is 1. The molecule has 2 heterocycles. The lowest BCUT2D eigenvalue weighted by molar-refractivity contribution is 0.0275. The van der Waals surface area contributed by atoms with Gasteiger partial charge in [0.2, 0.25) is 10.0 Å². The molecule has 0 N–H and O–H groups in total. The van der Waals surface area contributed by atoms with Gasteiger partial charge in [-0.25, -0.2) is 13.2 Å². The maximum absolute atomic E-state index is 13.3.